The molecule has 0 aliphatic rings. The van der Waals surface area contributed by atoms with Crippen LogP contribution in [-0.2, 0) is 5.41 Å². The molecule has 17 heavy (non-hydrogen) atoms. The quantitative estimate of drug-likeness (QED) is 0.831. The third-order valence-electron chi connectivity index (χ3n) is 2.77. The molecule has 0 aliphatic heterocycles. The van der Waals surface area contributed by atoms with Crippen LogP contribution in [0.3, 0.4) is 0 Å². The van der Waals surface area contributed by atoms with E-state index in [0.29, 0.717) is 5.92 Å². The summed E-state index contributed by atoms with van der Waals surface area (Å²) in [5.74, 6) is 1.99. The summed E-state index contributed by atoms with van der Waals surface area (Å²) in [6.07, 6.45) is 0. The predicted molar refractivity (Wildman–Crippen MR) is 78.4 cm³/mol. The summed E-state index contributed by atoms with van der Waals surface area (Å²) < 4.78 is 0. The Kier molecular flexibility index (Phi) is 3.46. The van der Waals surface area contributed by atoms with E-state index in [1.807, 2.05) is 0 Å². The van der Waals surface area contributed by atoms with Gasteiger partial charge in [-0.25, -0.2) is 9.97 Å². The predicted octanol–water partition coefficient (Wildman–Crippen LogP) is 4.02. The van der Waals surface area contributed by atoms with Gasteiger partial charge in [-0.1, -0.05) is 27.7 Å². The van der Waals surface area contributed by atoms with E-state index in [0.717, 1.165) is 22.1 Å². The first-order chi connectivity index (χ1) is 7.93. The maximum absolute atomic E-state index is 4.76. The number of thiol groups is 1. The highest BCUT2D eigenvalue weighted by atomic mass is 32.1. The van der Waals surface area contributed by atoms with Gasteiger partial charge in [-0.05, 0) is 17.2 Å². The highest BCUT2D eigenvalue weighted by Gasteiger charge is 2.22. The SMILES string of the molecule is CC(CS)c1nc(C(C)(C)C)c2ccsc2n1. The fourth-order valence-corrected chi connectivity index (χ4v) is 2.68. The third-order valence-corrected chi connectivity index (χ3v) is 4.12. The molecular weight excluding hydrogens is 248 g/mol. The van der Waals surface area contributed by atoms with Crippen molar-refractivity contribution in [2.45, 2.75) is 39.0 Å². The second-order valence-corrected chi connectivity index (χ2v) is 6.66. The largest absolute Gasteiger partial charge is 0.236 e. The average Bonchev–Trinajstić information content (AvgIpc) is 2.72. The van der Waals surface area contributed by atoms with Crippen molar-refractivity contribution < 1.29 is 0 Å². The van der Waals surface area contributed by atoms with Crippen LogP contribution in [0.25, 0.3) is 10.2 Å². The van der Waals surface area contributed by atoms with Crippen LogP contribution in [0.1, 0.15) is 45.1 Å². The van der Waals surface area contributed by atoms with Crippen LogP contribution in [0.4, 0.5) is 0 Å². The number of rotatable bonds is 2. The molecule has 2 nitrogen and oxygen atoms in total. The molecule has 0 saturated heterocycles. The van der Waals surface area contributed by atoms with Gasteiger partial charge in [0.05, 0.1) is 5.69 Å². The molecule has 0 bridgehead atoms. The van der Waals surface area contributed by atoms with Crippen molar-refractivity contribution in [3.8, 4) is 0 Å². The topological polar surface area (TPSA) is 25.8 Å². The molecule has 0 fully saturated rings. The van der Waals surface area contributed by atoms with E-state index in [1.165, 1.54) is 5.39 Å². The van der Waals surface area contributed by atoms with Gasteiger partial charge in [-0.2, -0.15) is 12.6 Å². The summed E-state index contributed by atoms with van der Waals surface area (Å²) in [5, 5.41) is 3.28. The molecule has 92 valence electrons. The van der Waals surface area contributed by atoms with Crippen molar-refractivity contribution in [3.63, 3.8) is 0 Å². The minimum atomic E-state index is 0.0489. The van der Waals surface area contributed by atoms with E-state index in [4.69, 9.17) is 4.98 Å². The summed E-state index contributed by atoms with van der Waals surface area (Å²) in [4.78, 5) is 10.5. The van der Waals surface area contributed by atoms with Gasteiger partial charge in [0.2, 0.25) is 0 Å². The van der Waals surface area contributed by atoms with Crippen molar-refractivity contribution in [1.29, 1.82) is 0 Å². The Morgan fingerprint density at radius 3 is 2.65 bits per heavy atom. The van der Waals surface area contributed by atoms with Crippen LogP contribution >= 0.6 is 24.0 Å². The standard InChI is InChI=1S/C13H18N2S2/c1-8(7-16)11-14-10(13(2,3)4)9-5-6-17-12(9)15-11/h5-6,8,16H,7H2,1-4H3. The van der Waals surface area contributed by atoms with Gasteiger partial charge >= 0.3 is 0 Å². The number of hydrogen-bond acceptors (Lipinski definition) is 4. The molecule has 0 spiro atoms. The second kappa shape index (κ2) is 4.58. The first-order valence-electron chi connectivity index (χ1n) is 5.80. The number of fused-ring (bicyclic) bond motifs is 1. The van der Waals surface area contributed by atoms with Crippen molar-refractivity contribution in [3.05, 3.63) is 23.0 Å². The summed E-state index contributed by atoms with van der Waals surface area (Å²) in [6, 6.07) is 2.12. The molecule has 0 aromatic carbocycles. The Bertz CT molecular complexity index is 526. The van der Waals surface area contributed by atoms with Gasteiger partial charge in [0.1, 0.15) is 10.7 Å². The minimum absolute atomic E-state index is 0.0489. The summed E-state index contributed by atoms with van der Waals surface area (Å²) in [6.45, 7) is 8.71. The second-order valence-electron chi connectivity index (χ2n) is 5.40. The van der Waals surface area contributed by atoms with Crippen molar-refractivity contribution in [2.24, 2.45) is 0 Å². The van der Waals surface area contributed by atoms with Crippen molar-refractivity contribution in [2.75, 3.05) is 5.75 Å². The van der Waals surface area contributed by atoms with E-state index in [9.17, 15) is 0 Å². The van der Waals surface area contributed by atoms with Crippen LogP contribution in [0, 0.1) is 0 Å². The van der Waals surface area contributed by atoms with Gasteiger partial charge < -0.3 is 0 Å². The lowest BCUT2D eigenvalue weighted by Crippen LogP contribution is -2.17. The number of aromatic nitrogens is 2. The van der Waals surface area contributed by atoms with Crippen molar-refractivity contribution in [1.82, 2.24) is 9.97 Å². The Hall–Kier alpha value is -0.610. The monoisotopic (exact) mass is 266 g/mol. The zero-order chi connectivity index (χ0) is 12.6. The van der Waals surface area contributed by atoms with Crippen LogP contribution in [0.15, 0.2) is 11.4 Å². The highest BCUT2D eigenvalue weighted by Crippen LogP contribution is 2.31. The first-order valence-corrected chi connectivity index (χ1v) is 7.31. The first kappa shape index (κ1) is 12.8. The maximum atomic E-state index is 4.76. The molecule has 1 atom stereocenters. The molecule has 0 saturated carbocycles. The molecular formula is C13H18N2S2. The molecule has 2 heterocycles. The van der Waals surface area contributed by atoms with Gasteiger partial charge in [-0.15, -0.1) is 11.3 Å². The van der Waals surface area contributed by atoms with E-state index >= 15 is 0 Å². The molecule has 2 rings (SSSR count). The van der Waals surface area contributed by atoms with Gasteiger partial charge in [0, 0.05) is 16.7 Å². The number of thiophene rings is 1. The fraction of sp³-hybridized carbons (Fsp3) is 0.538. The normalized spacial score (nSPS) is 14.2. The lowest BCUT2D eigenvalue weighted by Gasteiger charge is -2.20. The molecule has 2 aromatic rings. The van der Waals surface area contributed by atoms with Gasteiger partial charge in [-0.3, -0.25) is 0 Å². The highest BCUT2D eigenvalue weighted by molar-refractivity contribution is 7.80. The van der Waals surface area contributed by atoms with Crippen LogP contribution in [-0.4, -0.2) is 15.7 Å². The third kappa shape index (κ3) is 2.47. The molecule has 1 unspecified atom stereocenters. The average molecular weight is 266 g/mol. The van der Waals surface area contributed by atoms with E-state index < -0.39 is 0 Å². The Morgan fingerprint density at radius 2 is 2.06 bits per heavy atom. The number of hydrogen-bond donors (Lipinski definition) is 1. The Morgan fingerprint density at radius 1 is 1.35 bits per heavy atom. The van der Waals surface area contributed by atoms with Crippen LogP contribution in [0.2, 0.25) is 0 Å². The zero-order valence-corrected chi connectivity index (χ0v) is 12.4. The minimum Gasteiger partial charge on any atom is -0.236 e. The molecule has 4 heteroatoms. The van der Waals surface area contributed by atoms with Crippen LogP contribution in [0.5, 0.6) is 0 Å². The molecule has 0 radical (unpaired) electrons. The Balaban J connectivity index is 2.67. The molecule has 0 amide bonds. The maximum Gasteiger partial charge on any atom is 0.133 e. The number of nitrogens with zero attached hydrogens (tertiary/aromatic N) is 2. The van der Waals surface area contributed by atoms with E-state index in [-0.39, 0.29) is 5.41 Å². The zero-order valence-electron chi connectivity index (χ0n) is 10.7. The lowest BCUT2D eigenvalue weighted by atomic mass is 9.90. The fourth-order valence-electron chi connectivity index (χ4n) is 1.75. The smallest absolute Gasteiger partial charge is 0.133 e. The van der Waals surface area contributed by atoms with E-state index in [2.05, 4.69) is 56.8 Å². The summed E-state index contributed by atoms with van der Waals surface area (Å²) in [7, 11) is 0. The summed E-state index contributed by atoms with van der Waals surface area (Å²) in [5.41, 5.74) is 1.19. The van der Waals surface area contributed by atoms with Crippen LogP contribution < -0.4 is 0 Å². The lowest BCUT2D eigenvalue weighted by molar-refractivity contribution is 0.567. The molecule has 0 aliphatic carbocycles. The van der Waals surface area contributed by atoms with Gasteiger partial charge in [0.25, 0.3) is 0 Å². The summed E-state index contributed by atoms with van der Waals surface area (Å²) >= 11 is 6.02. The molecule has 2 aromatic heterocycles. The Labute approximate surface area is 112 Å². The van der Waals surface area contributed by atoms with Crippen molar-refractivity contribution >= 4 is 34.2 Å². The molecule has 0 N–H and O–H groups in total. The van der Waals surface area contributed by atoms with Gasteiger partial charge in [0.15, 0.2) is 0 Å². The van der Waals surface area contributed by atoms with E-state index in [1.54, 1.807) is 11.3 Å².